The number of aromatic nitrogens is 2. The van der Waals surface area contributed by atoms with Crippen LogP contribution in [0, 0.1) is 0 Å². The van der Waals surface area contributed by atoms with E-state index in [2.05, 4.69) is 40.2 Å². The first-order chi connectivity index (χ1) is 9.31. The minimum atomic E-state index is 0.634. The summed E-state index contributed by atoms with van der Waals surface area (Å²) in [6.07, 6.45) is 3.40. The van der Waals surface area contributed by atoms with Gasteiger partial charge < -0.3 is 10.2 Å². The fraction of sp³-hybridized carbons (Fsp3) is 0.615. The van der Waals surface area contributed by atoms with E-state index in [1.165, 1.54) is 23.6 Å². The third-order valence-corrected chi connectivity index (χ3v) is 5.57. The molecule has 1 aliphatic rings. The second-order valence-corrected chi connectivity index (χ2v) is 6.87. The molecule has 0 bridgehead atoms. The van der Waals surface area contributed by atoms with Crippen molar-refractivity contribution in [3.05, 3.63) is 17.3 Å². The maximum Gasteiger partial charge on any atom is 0.195 e. The molecule has 1 atom stereocenters. The predicted molar refractivity (Wildman–Crippen MR) is 84.6 cm³/mol. The maximum atomic E-state index is 4.83. The van der Waals surface area contributed by atoms with Crippen LogP contribution < -0.4 is 10.2 Å². The number of thioether (sulfide) groups is 1. The van der Waals surface area contributed by atoms with Crippen LogP contribution in [0.25, 0.3) is 4.96 Å². The van der Waals surface area contributed by atoms with E-state index >= 15 is 0 Å². The molecule has 2 aromatic heterocycles. The van der Waals surface area contributed by atoms with Gasteiger partial charge in [-0.3, -0.25) is 4.40 Å². The highest BCUT2D eigenvalue weighted by Gasteiger charge is 2.25. The summed E-state index contributed by atoms with van der Waals surface area (Å²) in [5, 5.41) is 5.53. The Balaban J connectivity index is 1.93. The van der Waals surface area contributed by atoms with Crippen LogP contribution in [-0.2, 0) is 6.54 Å². The number of thiazole rings is 1. The van der Waals surface area contributed by atoms with Gasteiger partial charge in [0.25, 0.3) is 0 Å². The number of anilines is 1. The second kappa shape index (κ2) is 5.73. The van der Waals surface area contributed by atoms with E-state index < -0.39 is 0 Å². The van der Waals surface area contributed by atoms with E-state index in [0.717, 1.165) is 23.9 Å². The highest BCUT2D eigenvalue weighted by molar-refractivity contribution is 7.99. The molecule has 0 amide bonds. The first-order valence-electron chi connectivity index (χ1n) is 6.77. The summed E-state index contributed by atoms with van der Waals surface area (Å²) in [6.45, 7) is 4.01. The van der Waals surface area contributed by atoms with Gasteiger partial charge in [-0.2, -0.15) is 11.8 Å². The number of hydrogen-bond donors (Lipinski definition) is 1. The van der Waals surface area contributed by atoms with Gasteiger partial charge >= 0.3 is 0 Å². The molecule has 1 fully saturated rings. The van der Waals surface area contributed by atoms with Crippen LogP contribution in [0.1, 0.15) is 19.0 Å². The summed E-state index contributed by atoms with van der Waals surface area (Å²) in [6, 6.07) is 0.634. The minimum Gasteiger partial charge on any atom is -0.354 e. The second-order valence-electron chi connectivity index (χ2n) is 4.85. The van der Waals surface area contributed by atoms with Crippen molar-refractivity contribution in [2.24, 2.45) is 0 Å². The molecule has 1 unspecified atom stereocenters. The Morgan fingerprint density at radius 1 is 1.58 bits per heavy atom. The number of fused-ring (bicyclic) bond motifs is 1. The fourth-order valence-corrected chi connectivity index (χ4v) is 4.51. The Kier molecular flexibility index (Phi) is 4.00. The van der Waals surface area contributed by atoms with E-state index in [1.54, 1.807) is 11.3 Å². The van der Waals surface area contributed by atoms with Gasteiger partial charge in [-0.1, -0.05) is 6.92 Å². The molecule has 0 saturated carbocycles. The molecule has 0 aromatic carbocycles. The predicted octanol–water partition coefficient (Wildman–Crippen LogP) is 2.45. The number of rotatable bonds is 5. The Labute approximate surface area is 122 Å². The van der Waals surface area contributed by atoms with Crippen molar-refractivity contribution in [3.63, 3.8) is 0 Å². The lowest BCUT2D eigenvalue weighted by Gasteiger charge is -2.25. The summed E-state index contributed by atoms with van der Waals surface area (Å²) >= 11 is 3.76. The van der Waals surface area contributed by atoms with Crippen molar-refractivity contribution < 1.29 is 0 Å². The van der Waals surface area contributed by atoms with E-state index in [9.17, 15) is 0 Å². The van der Waals surface area contributed by atoms with Crippen LogP contribution in [0.15, 0.2) is 11.6 Å². The molecule has 6 heteroatoms. The zero-order valence-electron chi connectivity index (χ0n) is 11.4. The normalized spacial score (nSPS) is 19.4. The van der Waals surface area contributed by atoms with Gasteiger partial charge in [0.15, 0.2) is 10.8 Å². The molecule has 3 rings (SSSR count). The lowest BCUT2D eigenvalue weighted by atomic mass is 10.2. The molecule has 1 aliphatic heterocycles. The van der Waals surface area contributed by atoms with Crippen molar-refractivity contribution in [1.82, 2.24) is 14.7 Å². The summed E-state index contributed by atoms with van der Waals surface area (Å²) in [4.78, 5) is 8.31. The standard InChI is InChI=1S/C13H20N4S2/c1-3-14-8-11-12(15-13-17(11)5-7-19-13)16(2)10-4-6-18-9-10/h5,7,10,14H,3-4,6,8-9H2,1-2H3. The fourth-order valence-electron chi connectivity index (χ4n) is 2.51. The van der Waals surface area contributed by atoms with E-state index in [1.807, 2.05) is 11.8 Å². The van der Waals surface area contributed by atoms with Crippen molar-refractivity contribution in [2.45, 2.75) is 25.9 Å². The molecule has 19 heavy (non-hydrogen) atoms. The van der Waals surface area contributed by atoms with Crippen LogP contribution in [0.3, 0.4) is 0 Å². The van der Waals surface area contributed by atoms with Gasteiger partial charge in [0.2, 0.25) is 0 Å². The highest BCUT2D eigenvalue weighted by atomic mass is 32.2. The van der Waals surface area contributed by atoms with Gasteiger partial charge in [0.05, 0.1) is 5.69 Å². The Morgan fingerprint density at radius 2 is 2.47 bits per heavy atom. The Bertz CT molecular complexity index is 542. The molecular formula is C13H20N4S2. The SMILES string of the molecule is CCNCc1c(N(C)C2CCSC2)nc2sccn12. The van der Waals surface area contributed by atoms with Crippen LogP contribution in [0.2, 0.25) is 0 Å². The van der Waals surface area contributed by atoms with Crippen molar-refractivity contribution in [3.8, 4) is 0 Å². The zero-order valence-corrected chi connectivity index (χ0v) is 13.1. The highest BCUT2D eigenvalue weighted by Crippen LogP contribution is 2.29. The van der Waals surface area contributed by atoms with Crippen LogP contribution in [0.4, 0.5) is 5.82 Å². The molecule has 0 radical (unpaired) electrons. The first kappa shape index (κ1) is 13.3. The number of nitrogens with one attached hydrogen (secondary N) is 1. The molecule has 0 aliphatic carbocycles. The van der Waals surface area contributed by atoms with Crippen LogP contribution in [-0.4, -0.2) is 40.5 Å². The lowest BCUT2D eigenvalue weighted by Crippen LogP contribution is -2.32. The molecular weight excluding hydrogens is 276 g/mol. The van der Waals surface area contributed by atoms with Crippen LogP contribution >= 0.6 is 23.1 Å². The zero-order chi connectivity index (χ0) is 13.2. The Morgan fingerprint density at radius 3 is 3.21 bits per heavy atom. The van der Waals surface area contributed by atoms with Gasteiger partial charge in [0.1, 0.15) is 0 Å². The summed E-state index contributed by atoms with van der Waals surface area (Å²) < 4.78 is 2.22. The van der Waals surface area contributed by atoms with Gasteiger partial charge in [-0.15, -0.1) is 11.3 Å². The minimum absolute atomic E-state index is 0.634. The van der Waals surface area contributed by atoms with Crippen molar-refractivity contribution in [1.29, 1.82) is 0 Å². The summed E-state index contributed by atoms with van der Waals surface area (Å²) in [7, 11) is 2.19. The smallest absolute Gasteiger partial charge is 0.195 e. The third-order valence-electron chi connectivity index (χ3n) is 3.67. The van der Waals surface area contributed by atoms with Crippen molar-refractivity contribution >= 4 is 33.9 Å². The summed E-state index contributed by atoms with van der Waals surface area (Å²) in [5.41, 5.74) is 1.29. The largest absolute Gasteiger partial charge is 0.354 e. The van der Waals surface area contributed by atoms with E-state index in [0.29, 0.717) is 6.04 Å². The molecule has 3 heterocycles. The molecule has 1 saturated heterocycles. The Hall–Kier alpha value is -0.720. The quantitative estimate of drug-likeness (QED) is 0.918. The molecule has 1 N–H and O–H groups in total. The van der Waals surface area contributed by atoms with Gasteiger partial charge in [-0.05, 0) is 18.7 Å². The molecule has 104 valence electrons. The number of nitrogens with zero attached hydrogens (tertiary/aromatic N) is 3. The number of hydrogen-bond acceptors (Lipinski definition) is 5. The number of imidazole rings is 1. The third kappa shape index (κ3) is 2.49. The molecule has 0 spiro atoms. The summed E-state index contributed by atoms with van der Waals surface area (Å²) in [5.74, 6) is 3.66. The maximum absolute atomic E-state index is 4.83. The lowest BCUT2D eigenvalue weighted by molar-refractivity contribution is 0.670. The average Bonchev–Trinajstić information content (AvgIpc) is 3.12. The first-order valence-corrected chi connectivity index (χ1v) is 8.80. The van der Waals surface area contributed by atoms with E-state index in [-0.39, 0.29) is 0 Å². The van der Waals surface area contributed by atoms with Gasteiger partial charge in [0, 0.05) is 37.0 Å². The van der Waals surface area contributed by atoms with E-state index in [4.69, 9.17) is 4.98 Å². The van der Waals surface area contributed by atoms with Crippen molar-refractivity contribution in [2.75, 3.05) is 30.0 Å². The van der Waals surface area contributed by atoms with Gasteiger partial charge in [-0.25, -0.2) is 4.98 Å². The monoisotopic (exact) mass is 296 g/mol. The molecule has 2 aromatic rings. The van der Waals surface area contributed by atoms with Crippen LogP contribution in [0.5, 0.6) is 0 Å². The average molecular weight is 296 g/mol. The topological polar surface area (TPSA) is 32.6 Å². The molecule has 4 nitrogen and oxygen atoms in total.